The molecule has 0 unspecified atom stereocenters. The molecule has 0 bridgehead atoms. The number of imide groups is 1. The molecule has 0 saturated heterocycles. The lowest BCUT2D eigenvalue weighted by Crippen LogP contribution is -2.32. The first kappa shape index (κ1) is 21.3. The lowest BCUT2D eigenvalue weighted by Gasteiger charge is -2.15. The average Bonchev–Trinajstić information content (AvgIpc) is 2.99. The van der Waals surface area contributed by atoms with E-state index in [0.717, 1.165) is 16.7 Å². The molecule has 2 aromatic carbocycles. The van der Waals surface area contributed by atoms with E-state index in [1.54, 1.807) is 18.3 Å². The van der Waals surface area contributed by atoms with Gasteiger partial charge < -0.3 is 10.1 Å². The van der Waals surface area contributed by atoms with Gasteiger partial charge in [0.1, 0.15) is 11.4 Å². The molecule has 1 aliphatic rings. The van der Waals surface area contributed by atoms with Crippen LogP contribution < -0.4 is 10.1 Å². The molecule has 0 radical (unpaired) electrons. The summed E-state index contributed by atoms with van der Waals surface area (Å²) in [5.74, 6) is -0.0261. The number of carbonyl (C=O) groups excluding carboxylic acids is 2. The highest BCUT2D eigenvalue weighted by Gasteiger charge is 2.39. The predicted molar refractivity (Wildman–Crippen MR) is 124 cm³/mol. The van der Waals surface area contributed by atoms with Crippen molar-refractivity contribution in [2.45, 2.75) is 27.3 Å². The molecule has 0 spiro atoms. The first-order valence-corrected chi connectivity index (χ1v) is 10.6. The topological polar surface area (TPSA) is 71.5 Å². The van der Waals surface area contributed by atoms with Crippen LogP contribution in [0.25, 0.3) is 5.57 Å². The highest BCUT2D eigenvalue weighted by Crippen LogP contribution is 2.33. The van der Waals surface area contributed by atoms with Gasteiger partial charge in [-0.05, 0) is 56.2 Å². The summed E-state index contributed by atoms with van der Waals surface area (Å²) >= 11 is 0. The van der Waals surface area contributed by atoms with Gasteiger partial charge in [0.25, 0.3) is 11.8 Å². The molecule has 6 heteroatoms. The molecule has 3 aromatic rings. The molecule has 4 rings (SSSR count). The van der Waals surface area contributed by atoms with Gasteiger partial charge in [-0.25, -0.2) is 0 Å². The average molecular weight is 428 g/mol. The Morgan fingerprint density at radius 2 is 1.81 bits per heavy atom. The number of ether oxygens (including phenoxy) is 1. The number of amides is 2. The van der Waals surface area contributed by atoms with Crippen LogP contribution in [-0.2, 0) is 16.1 Å². The summed E-state index contributed by atoms with van der Waals surface area (Å²) in [5, 5.41) is 3.19. The zero-order chi connectivity index (χ0) is 22.7. The van der Waals surface area contributed by atoms with Crippen LogP contribution in [-0.4, -0.2) is 28.3 Å². The Kier molecular flexibility index (Phi) is 6.03. The second-order valence-electron chi connectivity index (χ2n) is 7.67. The van der Waals surface area contributed by atoms with Crippen LogP contribution in [0.2, 0.25) is 0 Å². The molecule has 1 aliphatic heterocycles. The third-order valence-corrected chi connectivity index (χ3v) is 5.28. The van der Waals surface area contributed by atoms with Gasteiger partial charge in [-0.3, -0.25) is 19.5 Å². The minimum Gasteiger partial charge on any atom is -0.494 e. The van der Waals surface area contributed by atoms with E-state index in [4.69, 9.17) is 4.74 Å². The number of aromatic nitrogens is 1. The summed E-state index contributed by atoms with van der Waals surface area (Å²) in [6.45, 7) is 6.50. The van der Waals surface area contributed by atoms with Crippen LogP contribution >= 0.6 is 0 Å². The summed E-state index contributed by atoms with van der Waals surface area (Å²) in [4.78, 5) is 32.4. The Balaban J connectivity index is 1.76. The minimum absolute atomic E-state index is 0.108. The van der Waals surface area contributed by atoms with E-state index >= 15 is 0 Å². The summed E-state index contributed by atoms with van der Waals surface area (Å²) in [5.41, 5.74) is 4.71. The maximum absolute atomic E-state index is 13.5. The molecule has 1 aromatic heterocycles. The highest BCUT2D eigenvalue weighted by atomic mass is 16.5. The normalized spacial score (nSPS) is 13.7. The fraction of sp³-hybridized carbons (Fsp3) is 0.192. The molecule has 0 fully saturated rings. The summed E-state index contributed by atoms with van der Waals surface area (Å²) in [7, 11) is 0. The monoisotopic (exact) mass is 427 g/mol. The fourth-order valence-electron chi connectivity index (χ4n) is 3.81. The first-order valence-electron chi connectivity index (χ1n) is 10.6. The van der Waals surface area contributed by atoms with Crippen LogP contribution in [0.3, 0.4) is 0 Å². The molecule has 162 valence electrons. The van der Waals surface area contributed by atoms with E-state index in [0.29, 0.717) is 29.3 Å². The van der Waals surface area contributed by atoms with Gasteiger partial charge in [0, 0.05) is 18.0 Å². The standard InChI is InChI=1S/C26H25N3O3/c1-4-32-21-10-7-9-19(15-21)28-24-23(22-12-11-17(2)14-18(22)3)25(30)29(26(24)31)16-20-8-5-6-13-27-20/h5-15,28H,4,16H2,1-3H3. The number of hydrogen-bond donors (Lipinski definition) is 1. The summed E-state index contributed by atoms with van der Waals surface area (Å²) in [6, 6.07) is 18.6. The Hall–Kier alpha value is -3.93. The van der Waals surface area contributed by atoms with Crippen LogP contribution in [0.4, 0.5) is 5.69 Å². The van der Waals surface area contributed by atoms with Crippen molar-refractivity contribution in [1.29, 1.82) is 0 Å². The number of aryl methyl sites for hydroxylation is 2. The molecular weight excluding hydrogens is 402 g/mol. The van der Waals surface area contributed by atoms with Crippen LogP contribution in [0.1, 0.15) is 29.3 Å². The number of anilines is 1. The Morgan fingerprint density at radius 1 is 0.969 bits per heavy atom. The predicted octanol–water partition coefficient (Wildman–Crippen LogP) is 4.49. The van der Waals surface area contributed by atoms with Crippen molar-refractivity contribution >= 4 is 23.1 Å². The second-order valence-corrected chi connectivity index (χ2v) is 7.67. The molecule has 2 heterocycles. The molecule has 0 atom stereocenters. The van der Waals surface area contributed by atoms with Gasteiger partial charge in [0.15, 0.2) is 0 Å². The van der Waals surface area contributed by atoms with Gasteiger partial charge in [-0.1, -0.05) is 35.9 Å². The number of nitrogens with one attached hydrogen (secondary N) is 1. The van der Waals surface area contributed by atoms with Gasteiger partial charge in [-0.2, -0.15) is 0 Å². The molecule has 0 saturated carbocycles. The minimum atomic E-state index is -0.377. The number of hydrogen-bond acceptors (Lipinski definition) is 5. The summed E-state index contributed by atoms with van der Waals surface area (Å²) in [6.07, 6.45) is 1.65. The van der Waals surface area contributed by atoms with Crippen molar-refractivity contribution in [3.8, 4) is 5.75 Å². The van der Waals surface area contributed by atoms with Crippen molar-refractivity contribution < 1.29 is 14.3 Å². The Bertz CT molecular complexity index is 1200. The third kappa shape index (κ3) is 4.25. The number of pyridine rings is 1. The van der Waals surface area contributed by atoms with Gasteiger partial charge in [0.2, 0.25) is 0 Å². The molecule has 0 aliphatic carbocycles. The highest BCUT2D eigenvalue weighted by molar-refractivity contribution is 6.36. The quantitative estimate of drug-likeness (QED) is 0.563. The van der Waals surface area contributed by atoms with Crippen molar-refractivity contribution in [2.75, 3.05) is 11.9 Å². The van der Waals surface area contributed by atoms with Crippen molar-refractivity contribution in [1.82, 2.24) is 9.88 Å². The Labute approximate surface area is 187 Å². The van der Waals surface area contributed by atoms with Crippen LogP contribution in [0.15, 0.2) is 72.6 Å². The smallest absolute Gasteiger partial charge is 0.278 e. The number of rotatable bonds is 7. The van der Waals surface area contributed by atoms with Crippen molar-refractivity contribution in [3.05, 3.63) is 94.9 Å². The van der Waals surface area contributed by atoms with Crippen molar-refractivity contribution in [3.63, 3.8) is 0 Å². The number of nitrogens with zero attached hydrogens (tertiary/aromatic N) is 2. The van der Waals surface area contributed by atoms with E-state index in [9.17, 15) is 9.59 Å². The molecule has 1 N–H and O–H groups in total. The largest absolute Gasteiger partial charge is 0.494 e. The molecule has 32 heavy (non-hydrogen) atoms. The van der Waals surface area contributed by atoms with Gasteiger partial charge >= 0.3 is 0 Å². The maximum atomic E-state index is 13.5. The fourth-order valence-corrected chi connectivity index (χ4v) is 3.81. The number of carbonyl (C=O) groups is 2. The lowest BCUT2D eigenvalue weighted by molar-refractivity contribution is -0.137. The zero-order valence-corrected chi connectivity index (χ0v) is 18.4. The van der Waals surface area contributed by atoms with E-state index < -0.39 is 0 Å². The molecule has 6 nitrogen and oxygen atoms in total. The van der Waals surface area contributed by atoms with Crippen molar-refractivity contribution in [2.24, 2.45) is 0 Å². The van der Waals surface area contributed by atoms with Crippen LogP contribution in [0.5, 0.6) is 5.75 Å². The molecule has 2 amide bonds. The van der Waals surface area contributed by atoms with Crippen LogP contribution in [0, 0.1) is 13.8 Å². The van der Waals surface area contributed by atoms with E-state index in [-0.39, 0.29) is 24.1 Å². The van der Waals surface area contributed by atoms with Gasteiger partial charge in [0.05, 0.1) is 24.4 Å². The zero-order valence-electron chi connectivity index (χ0n) is 18.4. The SMILES string of the molecule is CCOc1cccc(NC2=C(c3ccc(C)cc3C)C(=O)N(Cc3ccccn3)C2=O)c1. The maximum Gasteiger partial charge on any atom is 0.278 e. The Morgan fingerprint density at radius 3 is 2.53 bits per heavy atom. The number of benzene rings is 2. The lowest BCUT2D eigenvalue weighted by atomic mass is 9.97. The van der Waals surface area contributed by atoms with Gasteiger partial charge in [-0.15, -0.1) is 0 Å². The van der Waals surface area contributed by atoms with E-state index in [2.05, 4.69) is 10.3 Å². The second kappa shape index (κ2) is 9.06. The van der Waals surface area contributed by atoms with E-state index in [1.165, 1.54) is 4.90 Å². The third-order valence-electron chi connectivity index (χ3n) is 5.28. The molecular formula is C26H25N3O3. The summed E-state index contributed by atoms with van der Waals surface area (Å²) < 4.78 is 5.58. The first-order chi connectivity index (χ1) is 15.5. The van der Waals surface area contributed by atoms with E-state index in [1.807, 2.05) is 69.3 Å².